The predicted molar refractivity (Wildman–Crippen MR) is 68.7 cm³/mol. The first kappa shape index (κ1) is 11.9. The van der Waals surface area contributed by atoms with Crippen LogP contribution >= 0.6 is 0 Å². The van der Waals surface area contributed by atoms with Gasteiger partial charge in [-0.15, -0.1) is 0 Å². The smallest absolute Gasteiger partial charge is 0.0384 e. The van der Waals surface area contributed by atoms with E-state index in [1.165, 1.54) is 5.69 Å². The molecule has 0 aromatic heterocycles. The molecule has 0 aliphatic rings. The molecule has 0 aliphatic carbocycles. The minimum absolute atomic E-state index is 0.324. The van der Waals surface area contributed by atoms with Crippen molar-refractivity contribution in [1.29, 1.82) is 0 Å². The number of rotatable bonds is 3. The van der Waals surface area contributed by atoms with Crippen molar-refractivity contribution in [2.75, 3.05) is 30.9 Å². The molecule has 0 heterocycles. The fourth-order valence-electron chi connectivity index (χ4n) is 1.70. The summed E-state index contributed by atoms with van der Waals surface area (Å²) in [5.74, 6) is 0. The lowest BCUT2D eigenvalue weighted by Crippen LogP contribution is -2.29. The zero-order valence-electron chi connectivity index (χ0n) is 10.5. The third-order valence-corrected chi connectivity index (χ3v) is 2.29. The molecule has 2 nitrogen and oxygen atoms in total. The highest BCUT2D eigenvalue weighted by molar-refractivity contribution is 5.57. The molecule has 0 atom stereocenters. The maximum Gasteiger partial charge on any atom is 0.0384 e. The molecule has 1 rings (SSSR count). The summed E-state index contributed by atoms with van der Waals surface area (Å²) in [7, 11) is 4.09. The number of anilines is 2. The third kappa shape index (κ3) is 3.82. The lowest BCUT2D eigenvalue weighted by atomic mass is 9.96. The van der Waals surface area contributed by atoms with Crippen molar-refractivity contribution in [3.63, 3.8) is 0 Å². The van der Waals surface area contributed by atoms with E-state index in [0.29, 0.717) is 5.41 Å². The van der Waals surface area contributed by atoms with E-state index in [9.17, 15) is 0 Å². The molecule has 0 unspecified atom stereocenters. The van der Waals surface area contributed by atoms with Crippen molar-refractivity contribution in [3.05, 3.63) is 24.3 Å². The molecule has 0 aliphatic heterocycles. The van der Waals surface area contributed by atoms with Gasteiger partial charge in [0, 0.05) is 32.0 Å². The van der Waals surface area contributed by atoms with Gasteiger partial charge in [0.25, 0.3) is 0 Å². The molecule has 0 fully saturated rings. The Labute approximate surface area is 93.3 Å². The molecular formula is C13H22N2. The largest absolute Gasteiger partial charge is 0.388 e. The molecule has 1 N–H and O–H groups in total. The summed E-state index contributed by atoms with van der Waals surface area (Å²) in [6.07, 6.45) is 0. The second kappa shape index (κ2) is 4.56. The number of benzene rings is 1. The molecule has 84 valence electrons. The minimum Gasteiger partial charge on any atom is -0.388 e. The fraction of sp³-hybridized carbons (Fsp3) is 0.538. The highest BCUT2D eigenvalue weighted by Gasteiger charge is 2.13. The molecule has 0 saturated heterocycles. The summed E-state index contributed by atoms with van der Waals surface area (Å²) >= 11 is 0. The van der Waals surface area contributed by atoms with Crippen molar-refractivity contribution >= 4 is 11.4 Å². The van der Waals surface area contributed by atoms with Gasteiger partial charge in [0.05, 0.1) is 0 Å². The van der Waals surface area contributed by atoms with Crippen molar-refractivity contribution in [1.82, 2.24) is 0 Å². The third-order valence-electron chi connectivity index (χ3n) is 2.29. The first-order valence-electron chi connectivity index (χ1n) is 5.41. The molecule has 1 aromatic carbocycles. The molecular weight excluding hydrogens is 184 g/mol. The standard InChI is InChI=1S/C13H22N2/c1-13(2,3)10-15(5)12-8-6-7-11(9-12)14-4/h6-9,14H,10H2,1-5H3. The quantitative estimate of drug-likeness (QED) is 0.817. The summed E-state index contributed by atoms with van der Waals surface area (Å²) < 4.78 is 0. The summed E-state index contributed by atoms with van der Waals surface area (Å²) in [4.78, 5) is 2.29. The Hall–Kier alpha value is -1.18. The number of nitrogens with one attached hydrogen (secondary N) is 1. The minimum atomic E-state index is 0.324. The van der Waals surface area contributed by atoms with Gasteiger partial charge in [-0.05, 0) is 23.6 Å². The molecule has 0 amide bonds. The summed E-state index contributed by atoms with van der Waals surface area (Å²) in [5.41, 5.74) is 2.75. The topological polar surface area (TPSA) is 15.3 Å². The van der Waals surface area contributed by atoms with E-state index in [1.807, 2.05) is 7.05 Å². The molecule has 15 heavy (non-hydrogen) atoms. The van der Waals surface area contributed by atoms with E-state index in [-0.39, 0.29) is 0 Å². The molecule has 0 spiro atoms. The van der Waals surface area contributed by atoms with Crippen molar-refractivity contribution in [3.8, 4) is 0 Å². The van der Waals surface area contributed by atoms with Gasteiger partial charge >= 0.3 is 0 Å². The van der Waals surface area contributed by atoms with Gasteiger partial charge in [-0.3, -0.25) is 0 Å². The highest BCUT2D eigenvalue weighted by atomic mass is 15.1. The van der Waals surface area contributed by atoms with Crippen LogP contribution < -0.4 is 10.2 Å². The zero-order chi connectivity index (χ0) is 11.5. The van der Waals surface area contributed by atoms with Crippen molar-refractivity contribution in [2.45, 2.75) is 20.8 Å². The van der Waals surface area contributed by atoms with Crippen LogP contribution in [0, 0.1) is 5.41 Å². The average Bonchev–Trinajstić information content (AvgIpc) is 2.15. The van der Waals surface area contributed by atoms with Crippen LogP contribution in [-0.4, -0.2) is 20.6 Å². The van der Waals surface area contributed by atoms with Crippen LogP contribution in [0.4, 0.5) is 11.4 Å². The average molecular weight is 206 g/mol. The Bertz CT molecular complexity index is 313. The van der Waals surface area contributed by atoms with Crippen LogP contribution in [0.25, 0.3) is 0 Å². The van der Waals surface area contributed by atoms with E-state index in [1.54, 1.807) is 0 Å². The first-order chi connectivity index (χ1) is 6.92. The number of hydrogen-bond acceptors (Lipinski definition) is 2. The second-order valence-electron chi connectivity index (χ2n) is 5.22. The van der Waals surface area contributed by atoms with Crippen LogP contribution in [0.15, 0.2) is 24.3 Å². The number of hydrogen-bond donors (Lipinski definition) is 1. The van der Waals surface area contributed by atoms with Crippen LogP contribution in [-0.2, 0) is 0 Å². The van der Waals surface area contributed by atoms with Gasteiger partial charge in [0.2, 0.25) is 0 Å². The monoisotopic (exact) mass is 206 g/mol. The molecule has 0 bridgehead atoms. The zero-order valence-corrected chi connectivity index (χ0v) is 10.5. The van der Waals surface area contributed by atoms with E-state index in [0.717, 1.165) is 12.2 Å². The fourth-order valence-corrected chi connectivity index (χ4v) is 1.70. The van der Waals surface area contributed by atoms with Crippen LogP contribution in [0.1, 0.15) is 20.8 Å². The second-order valence-corrected chi connectivity index (χ2v) is 5.22. The van der Waals surface area contributed by atoms with E-state index < -0.39 is 0 Å². The van der Waals surface area contributed by atoms with Gasteiger partial charge in [0.15, 0.2) is 0 Å². The molecule has 1 aromatic rings. The summed E-state index contributed by atoms with van der Waals surface area (Å²) in [6.45, 7) is 7.82. The van der Waals surface area contributed by atoms with Crippen molar-refractivity contribution < 1.29 is 0 Å². The normalized spacial score (nSPS) is 11.3. The summed E-state index contributed by atoms with van der Waals surface area (Å²) in [6, 6.07) is 8.48. The maximum absolute atomic E-state index is 3.16. The maximum atomic E-state index is 3.16. The van der Waals surface area contributed by atoms with Gasteiger partial charge in [-0.25, -0.2) is 0 Å². The SMILES string of the molecule is CNc1cccc(N(C)CC(C)(C)C)c1. The Balaban J connectivity index is 2.77. The van der Waals surface area contributed by atoms with Crippen LogP contribution in [0.2, 0.25) is 0 Å². The van der Waals surface area contributed by atoms with Gasteiger partial charge in [-0.1, -0.05) is 26.8 Å². The Kier molecular flexibility index (Phi) is 3.61. The Morgan fingerprint density at radius 1 is 1.27 bits per heavy atom. The number of nitrogens with zero attached hydrogens (tertiary/aromatic N) is 1. The molecule has 2 heteroatoms. The van der Waals surface area contributed by atoms with E-state index >= 15 is 0 Å². The van der Waals surface area contributed by atoms with Crippen molar-refractivity contribution in [2.24, 2.45) is 5.41 Å². The Morgan fingerprint density at radius 3 is 2.47 bits per heavy atom. The molecule has 0 saturated carbocycles. The van der Waals surface area contributed by atoms with E-state index in [4.69, 9.17) is 0 Å². The lowest BCUT2D eigenvalue weighted by molar-refractivity contribution is 0.419. The predicted octanol–water partition coefficient (Wildman–Crippen LogP) is 3.21. The van der Waals surface area contributed by atoms with Gasteiger partial charge in [-0.2, -0.15) is 0 Å². The lowest BCUT2D eigenvalue weighted by Gasteiger charge is -2.28. The van der Waals surface area contributed by atoms with Gasteiger partial charge in [0.1, 0.15) is 0 Å². The first-order valence-corrected chi connectivity index (χ1v) is 5.41. The molecule has 0 radical (unpaired) electrons. The summed E-state index contributed by atoms with van der Waals surface area (Å²) in [5, 5.41) is 3.16. The van der Waals surface area contributed by atoms with E-state index in [2.05, 4.69) is 62.3 Å². The van der Waals surface area contributed by atoms with Crippen LogP contribution in [0.3, 0.4) is 0 Å². The van der Waals surface area contributed by atoms with Crippen LogP contribution in [0.5, 0.6) is 0 Å². The Morgan fingerprint density at radius 2 is 1.93 bits per heavy atom. The van der Waals surface area contributed by atoms with Gasteiger partial charge < -0.3 is 10.2 Å². The highest BCUT2D eigenvalue weighted by Crippen LogP contribution is 2.22.